The summed E-state index contributed by atoms with van der Waals surface area (Å²) >= 11 is 3.13. The van der Waals surface area contributed by atoms with Crippen LogP contribution in [0.1, 0.15) is 15.9 Å². The second-order valence-corrected chi connectivity index (χ2v) is 4.98. The molecule has 2 N–H and O–H groups in total. The summed E-state index contributed by atoms with van der Waals surface area (Å²) in [6.45, 7) is -0.136. The van der Waals surface area contributed by atoms with E-state index in [1.807, 2.05) is 0 Å². The summed E-state index contributed by atoms with van der Waals surface area (Å²) in [6.07, 6.45) is 0. The summed E-state index contributed by atoms with van der Waals surface area (Å²) in [5, 5.41) is 0. The van der Waals surface area contributed by atoms with Gasteiger partial charge in [-0.2, -0.15) is 0 Å². The number of carbonyl (C=O) groups is 1. The molecule has 0 bridgehead atoms. The maximum absolute atomic E-state index is 13.6. The Morgan fingerprint density at radius 3 is 2.60 bits per heavy atom. The Morgan fingerprint density at radius 2 is 1.95 bits per heavy atom. The van der Waals surface area contributed by atoms with Gasteiger partial charge in [-0.1, -0.05) is 15.9 Å². The molecule has 2 rings (SSSR count). The highest BCUT2D eigenvalue weighted by Crippen LogP contribution is 2.22. The van der Waals surface area contributed by atoms with Crippen LogP contribution in [0.5, 0.6) is 5.75 Å². The highest BCUT2D eigenvalue weighted by Gasteiger charge is 2.08. The Hall–Kier alpha value is -1.95. The maximum atomic E-state index is 13.6. The molecule has 0 unspecified atom stereocenters. The fourth-order valence-corrected chi connectivity index (χ4v) is 2.06. The summed E-state index contributed by atoms with van der Waals surface area (Å²) in [5.74, 6) is -1.40. The average molecular weight is 342 g/mol. The Kier molecular flexibility index (Phi) is 4.34. The monoisotopic (exact) mass is 341 g/mol. The molecule has 0 spiro atoms. The lowest BCUT2D eigenvalue weighted by Gasteiger charge is -2.09. The zero-order chi connectivity index (χ0) is 14.7. The number of hydrogen-bond donors (Lipinski definition) is 1. The largest absolute Gasteiger partial charge is 0.489 e. The van der Waals surface area contributed by atoms with Gasteiger partial charge >= 0.3 is 0 Å². The van der Waals surface area contributed by atoms with Gasteiger partial charge in [0.2, 0.25) is 5.91 Å². The molecule has 0 atom stereocenters. The number of hydrogen-bond acceptors (Lipinski definition) is 2. The molecule has 0 aromatic heterocycles. The van der Waals surface area contributed by atoms with E-state index in [4.69, 9.17) is 10.5 Å². The molecule has 0 saturated heterocycles. The minimum atomic E-state index is -0.653. The predicted molar refractivity (Wildman–Crippen MR) is 73.3 cm³/mol. The van der Waals surface area contributed by atoms with Crippen molar-refractivity contribution in [1.29, 1.82) is 0 Å². The van der Waals surface area contributed by atoms with Crippen molar-refractivity contribution >= 4 is 21.8 Å². The molecule has 2 aromatic carbocycles. The second kappa shape index (κ2) is 6.00. The lowest BCUT2D eigenvalue weighted by molar-refractivity contribution is 0.1000. The first-order chi connectivity index (χ1) is 9.45. The van der Waals surface area contributed by atoms with E-state index in [0.29, 0.717) is 4.47 Å². The van der Waals surface area contributed by atoms with Crippen LogP contribution >= 0.6 is 15.9 Å². The summed E-state index contributed by atoms with van der Waals surface area (Å²) in [5.41, 5.74) is 5.48. The molecule has 0 fully saturated rings. The summed E-state index contributed by atoms with van der Waals surface area (Å²) < 4.78 is 32.6. The third-order valence-electron chi connectivity index (χ3n) is 2.56. The number of amides is 1. The first-order valence-electron chi connectivity index (χ1n) is 5.63. The number of nitrogens with two attached hydrogens (primary N) is 1. The highest BCUT2D eigenvalue weighted by molar-refractivity contribution is 9.10. The minimum Gasteiger partial charge on any atom is -0.489 e. The number of ether oxygens (including phenoxy) is 1. The van der Waals surface area contributed by atoms with Crippen molar-refractivity contribution in [3.63, 3.8) is 0 Å². The van der Waals surface area contributed by atoms with Crippen LogP contribution < -0.4 is 10.5 Å². The van der Waals surface area contributed by atoms with Gasteiger partial charge in [-0.25, -0.2) is 8.78 Å². The van der Waals surface area contributed by atoms with Gasteiger partial charge in [0.1, 0.15) is 24.0 Å². The average Bonchev–Trinajstić information content (AvgIpc) is 2.36. The standard InChI is InChI=1S/C14H10BrF2NO2/c15-10-4-11(16)6-12(5-10)20-7-9-3-8(14(18)19)1-2-13(9)17/h1-6H,7H2,(H2,18,19). The molecule has 3 nitrogen and oxygen atoms in total. The first kappa shape index (κ1) is 14.5. The van der Waals surface area contributed by atoms with Gasteiger partial charge in [0, 0.05) is 21.7 Å². The van der Waals surface area contributed by atoms with Crippen molar-refractivity contribution in [2.75, 3.05) is 0 Å². The third-order valence-corrected chi connectivity index (χ3v) is 3.02. The van der Waals surface area contributed by atoms with Gasteiger partial charge < -0.3 is 10.5 Å². The Bertz CT molecular complexity index is 641. The molecular weight excluding hydrogens is 332 g/mol. The molecule has 2 aromatic rings. The number of benzene rings is 2. The molecule has 6 heteroatoms. The molecule has 20 heavy (non-hydrogen) atoms. The van der Waals surface area contributed by atoms with E-state index in [0.717, 1.165) is 6.07 Å². The third kappa shape index (κ3) is 3.54. The Labute approximate surface area is 122 Å². The number of primary amides is 1. The maximum Gasteiger partial charge on any atom is 0.248 e. The Morgan fingerprint density at radius 1 is 1.20 bits per heavy atom. The molecular formula is C14H10BrF2NO2. The van der Waals surface area contributed by atoms with Crippen LogP contribution in [0, 0.1) is 11.6 Å². The second-order valence-electron chi connectivity index (χ2n) is 4.06. The molecule has 0 aliphatic carbocycles. The number of rotatable bonds is 4. The molecule has 104 valence electrons. The predicted octanol–water partition coefficient (Wildman–Crippen LogP) is 3.41. The normalized spacial score (nSPS) is 10.3. The lowest BCUT2D eigenvalue weighted by Crippen LogP contribution is -2.12. The highest BCUT2D eigenvalue weighted by atomic mass is 79.9. The SMILES string of the molecule is NC(=O)c1ccc(F)c(COc2cc(F)cc(Br)c2)c1. The first-order valence-corrected chi connectivity index (χ1v) is 6.42. The number of halogens is 3. The van der Waals surface area contributed by atoms with Crippen LogP contribution in [-0.2, 0) is 6.61 Å². The van der Waals surface area contributed by atoms with Crippen LogP contribution in [0.25, 0.3) is 0 Å². The van der Waals surface area contributed by atoms with E-state index < -0.39 is 17.5 Å². The molecule has 0 saturated carbocycles. The topological polar surface area (TPSA) is 52.3 Å². The zero-order valence-electron chi connectivity index (χ0n) is 10.2. The fraction of sp³-hybridized carbons (Fsp3) is 0.0714. The summed E-state index contributed by atoms with van der Waals surface area (Å²) in [4.78, 5) is 11.0. The van der Waals surface area contributed by atoms with Crippen LogP contribution in [-0.4, -0.2) is 5.91 Å². The molecule has 1 amide bonds. The van der Waals surface area contributed by atoms with Crippen molar-refractivity contribution < 1.29 is 18.3 Å². The summed E-state index contributed by atoms with van der Waals surface area (Å²) in [7, 11) is 0. The van der Waals surface area contributed by atoms with E-state index in [2.05, 4.69) is 15.9 Å². The van der Waals surface area contributed by atoms with Crippen LogP contribution in [0.15, 0.2) is 40.9 Å². The minimum absolute atomic E-state index is 0.136. The quantitative estimate of drug-likeness (QED) is 0.926. The van der Waals surface area contributed by atoms with Gasteiger partial charge in [-0.15, -0.1) is 0 Å². The van der Waals surface area contributed by atoms with Crippen LogP contribution in [0.4, 0.5) is 8.78 Å². The van der Waals surface area contributed by atoms with Crippen molar-refractivity contribution in [3.8, 4) is 5.75 Å². The van der Waals surface area contributed by atoms with E-state index in [-0.39, 0.29) is 23.5 Å². The van der Waals surface area contributed by atoms with Gasteiger partial charge in [0.05, 0.1) is 0 Å². The summed E-state index contributed by atoms with van der Waals surface area (Å²) in [6, 6.07) is 7.76. The van der Waals surface area contributed by atoms with Crippen LogP contribution in [0.2, 0.25) is 0 Å². The smallest absolute Gasteiger partial charge is 0.248 e. The molecule has 0 aliphatic heterocycles. The number of carbonyl (C=O) groups excluding carboxylic acids is 1. The Balaban J connectivity index is 2.18. The van der Waals surface area contributed by atoms with Crippen molar-refractivity contribution in [1.82, 2.24) is 0 Å². The van der Waals surface area contributed by atoms with Crippen LogP contribution in [0.3, 0.4) is 0 Å². The molecule has 0 heterocycles. The van der Waals surface area contributed by atoms with E-state index in [9.17, 15) is 13.6 Å². The van der Waals surface area contributed by atoms with Crippen molar-refractivity contribution in [3.05, 3.63) is 63.6 Å². The van der Waals surface area contributed by atoms with Gasteiger partial charge in [-0.3, -0.25) is 4.79 Å². The van der Waals surface area contributed by atoms with Gasteiger partial charge in [0.25, 0.3) is 0 Å². The fourth-order valence-electron chi connectivity index (χ4n) is 1.61. The molecule has 0 radical (unpaired) electrons. The van der Waals surface area contributed by atoms with Gasteiger partial charge in [0.15, 0.2) is 0 Å². The van der Waals surface area contributed by atoms with E-state index in [1.54, 1.807) is 6.07 Å². The lowest BCUT2D eigenvalue weighted by atomic mass is 10.1. The van der Waals surface area contributed by atoms with Crippen molar-refractivity contribution in [2.24, 2.45) is 5.73 Å². The van der Waals surface area contributed by atoms with E-state index >= 15 is 0 Å². The van der Waals surface area contributed by atoms with E-state index in [1.165, 1.54) is 24.3 Å². The van der Waals surface area contributed by atoms with Gasteiger partial charge in [-0.05, 0) is 30.3 Å². The van der Waals surface area contributed by atoms with Crippen molar-refractivity contribution in [2.45, 2.75) is 6.61 Å². The molecule has 0 aliphatic rings. The zero-order valence-corrected chi connectivity index (χ0v) is 11.8.